The molecule has 1 amide bonds. The van der Waals surface area contributed by atoms with E-state index in [4.69, 9.17) is 0 Å². The van der Waals surface area contributed by atoms with E-state index in [-0.39, 0.29) is 11.3 Å². The Hall–Kier alpha value is -1.61. The SMILES string of the molecule is CC/C=C/CN1CCC2(Cc3ccccc3CNC2=O)C1. The zero-order valence-electron chi connectivity index (χ0n) is 12.8. The van der Waals surface area contributed by atoms with Gasteiger partial charge >= 0.3 is 0 Å². The Labute approximate surface area is 127 Å². The van der Waals surface area contributed by atoms with Crippen LogP contribution >= 0.6 is 0 Å². The zero-order valence-corrected chi connectivity index (χ0v) is 12.8. The van der Waals surface area contributed by atoms with Crippen molar-refractivity contribution in [1.82, 2.24) is 10.2 Å². The van der Waals surface area contributed by atoms with Crippen molar-refractivity contribution in [3.05, 3.63) is 47.5 Å². The number of amides is 1. The second kappa shape index (κ2) is 6.02. The first-order chi connectivity index (χ1) is 10.2. The molecule has 0 aromatic heterocycles. The summed E-state index contributed by atoms with van der Waals surface area (Å²) in [6.07, 6.45) is 7.35. The van der Waals surface area contributed by atoms with Crippen LogP contribution in [0.2, 0.25) is 0 Å². The number of allylic oxidation sites excluding steroid dienone is 1. The third-order valence-electron chi connectivity index (χ3n) is 4.77. The first-order valence-electron chi connectivity index (χ1n) is 7.96. The normalized spacial score (nSPS) is 26.0. The van der Waals surface area contributed by atoms with Crippen LogP contribution in [0.5, 0.6) is 0 Å². The molecule has 0 bridgehead atoms. The van der Waals surface area contributed by atoms with Gasteiger partial charge in [0.05, 0.1) is 5.41 Å². The summed E-state index contributed by atoms with van der Waals surface area (Å²) in [7, 11) is 0. The standard InChI is InChI=1S/C18H24N2O/c1-2-3-6-10-20-11-9-18(14-20)12-15-7-4-5-8-16(15)13-19-17(18)21/h3-8H,2,9-14H2,1H3,(H,19,21)/b6-3+. The summed E-state index contributed by atoms with van der Waals surface area (Å²) in [5.74, 6) is 0.237. The Kier molecular flexibility index (Phi) is 4.11. The largest absolute Gasteiger partial charge is 0.351 e. The maximum Gasteiger partial charge on any atom is 0.228 e. The smallest absolute Gasteiger partial charge is 0.228 e. The van der Waals surface area contributed by atoms with Crippen molar-refractivity contribution >= 4 is 5.91 Å². The van der Waals surface area contributed by atoms with Crippen LogP contribution in [0.1, 0.15) is 30.9 Å². The van der Waals surface area contributed by atoms with Gasteiger partial charge < -0.3 is 5.32 Å². The van der Waals surface area contributed by atoms with Crippen LogP contribution < -0.4 is 5.32 Å². The molecule has 0 saturated carbocycles. The minimum atomic E-state index is -0.230. The van der Waals surface area contributed by atoms with Crippen molar-refractivity contribution in [2.24, 2.45) is 5.41 Å². The maximum absolute atomic E-state index is 12.6. The van der Waals surface area contributed by atoms with Gasteiger partial charge in [-0.25, -0.2) is 0 Å². The van der Waals surface area contributed by atoms with Crippen LogP contribution in [-0.2, 0) is 17.8 Å². The molecule has 0 radical (unpaired) electrons. The Bertz CT molecular complexity index is 552. The first-order valence-corrected chi connectivity index (χ1v) is 7.96. The fourth-order valence-electron chi connectivity index (χ4n) is 3.54. The highest BCUT2D eigenvalue weighted by Crippen LogP contribution is 2.37. The van der Waals surface area contributed by atoms with Crippen molar-refractivity contribution in [1.29, 1.82) is 0 Å². The van der Waals surface area contributed by atoms with Crippen molar-refractivity contribution in [3.8, 4) is 0 Å². The second-order valence-corrected chi connectivity index (χ2v) is 6.27. The molecule has 1 atom stereocenters. The number of hydrogen-bond acceptors (Lipinski definition) is 2. The summed E-state index contributed by atoms with van der Waals surface area (Å²) in [4.78, 5) is 15.0. The minimum Gasteiger partial charge on any atom is -0.351 e. The van der Waals surface area contributed by atoms with E-state index in [1.165, 1.54) is 11.1 Å². The van der Waals surface area contributed by atoms with E-state index in [2.05, 4.69) is 53.6 Å². The molecule has 21 heavy (non-hydrogen) atoms. The number of carbonyl (C=O) groups is 1. The van der Waals surface area contributed by atoms with E-state index in [1.54, 1.807) is 0 Å². The highest BCUT2D eigenvalue weighted by atomic mass is 16.2. The van der Waals surface area contributed by atoms with Crippen molar-refractivity contribution in [3.63, 3.8) is 0 Å². The van der Waals surface area contributed by atoms with E-state index in [0.717, 1.165) is 38.9 Å². The predicted octanol–water partition coefficient (Wildman–Crippen LogP) is 2.52. The van der Waals surface area contributed by atoms with Gasteiger partial charge in [0.2, 0.25) is 5.91 Å². The lowest BCUT2D eigenvalue weighted by Crippen LogP contribution is -2.42. The molecule has 1 N–H and O–H groups in total. The molecule has 0 aliphatic carbocycles. The molecule has 2 aliphatic heterocycles. The van der Waals surface area contributed by atoms with Crippen LogP contribution in [0.15, 0.2) is 36.4 Å². The van der Waals surface area contributed by atoms with Crippen molar-refractivity contribution in [2.45, 2.75) is 32.7 Å². The number of nitrogens with zero attached hydrogens (tertiary/aromatic N) is 1. The molecular weight excluding hydrogens is 260 g/mol. The van der Waals surface area contributed by atoms with E-state index in [1.807, 2.05) is 0 Å². The van der Waals surface area contributed by atoms with E-state index in [9.17, 15) is 4.79 Å². The fourth-order valence-corrected chi connectivity index (χ4v) is 3.54. The predicted molar refractivity (Wildman–Crippen MR) is 84.9 cm³/mol. The number of fused-ring (bicyclic) bond motifs is 1. The average molecular weight is 284 g/mol. The van der Waals surface area contributed by atoms with E-state index < -0.39 is 0 Å². The molecule has 3 heteroatoms. The third kappa shape index (κ3) is 2.88. The lowest BCUT2D eigenvalue weighted by Gasteiger charge is -2.26. The number of hydrogen-bond donors (Lipinski definition) is 1. The molecular formula is C18H24N2O. The molecule has 1 saturated heterocycles. The van der Waals surface area contributed by atoms with Crippen LogP contribution in [-0.4, -0.2) is 30.4 Å². The molecule has 3 rings (SSSR count). The molecule has 3 nitrogen and oxygen atoms in total. The molecule has 1 fully saturated rings. The monoisotopic (exact) mass is 284 g/mol. The van der Waals surface area contributed by atoms with Gasteiger partial charge in [-0.2, -0.15) is 0 Å². The van der Waals surface area contributed by atoms with Gasteiger partial charge in [0.25, 0.3) is 0 Å². The molecule has 1 unspecified atom stereocenters. The maximum atomic E-state index is 12.6. The van der Waals surface area contributed by atoms with Gasteiger partial charge in [-0.1, -0.05) is 43.3 Å². The Morgan fingerprint density at radius 3 is 2.90 bits per heavy atom. The molecule has 2 aliphatic rings. The van der Waals surface area contributed by atoms with Crippen LogP contribution in [0, 0.1) is 5.41 Å². The molecule has 1 aromatic rings. The van der Waals surface area contributed by atoms with Crippen molar-refractivity contribution < 1.29 is 4.79 Å². The number of nitrogens with one attached hydrogen (secondary N) is 1. The summed E-state index contributed by atoms with van der Waals surface area (Å²) in [5.41, 5.74) is 2.38. The third-order valence-corrected chi connectivity index (χ3v) is 4.77. The van der Waals surface area contributed by atoms with Crippen LogP contribution in [0.4, 0.5) is 0 Å². The Morgan fingerprint density at radius 1 is 1.29 bits per heavy atom. The van der Waals surface area contributed by atoms with Crippen LogP contribution in [0.3, 0.4) is 0 Å². The summed E-state index contributed by atoms with van der Waals surface area (Å²) >= 11 is 0. The summed E-state index contributed by atoms with van der Waals surface area (Å²) in [5, 5.41) is 3.14. The molecule has 2 heterocycles. The lowest BCUT2D eigenvalue weighted by atomic mass is 9.80. The highest BCUT2D eigenvalue weighted by molar-refractivity contribution is 5.84. The number of rotatable bonds is 3. The fraction of sp³-hybridized carbons (Fsp3) is 0.500. The lowest BCUT2D eigenvalue weighted by molar-refractivity contribution is -0.130. The zero-order chi connectivity index (χ0) is 14.7. The Balaban J connectivity index is 1.78. The topological polar surface area (TPSA) is 32.3 Å². The number of carbonyl (C=O) groups excluding carboxylic acids is 1. The number of likely N-dealkylation sites (tertiary alicyclic amines) is 1. The van der Waals surface area contributed by atoms with Gasteiger partial charge in [0, 0.05) is 19.6 Å². The van der Waals surface area contributed by atoms with Gasteiger partial charge in [-0.05, 0) is 36.9 Å². The summed E-state index contributed by atoms with van der Waals surface area (Å²) in [6, 6.07) is 8.45. The molecule has 1 aromatic carbocycles. The van der Waals surface area contributed by atoms with Crippen LogP contribution in [0.25, 0.3) is 0 Å². The van der Waals surface area contributed by atoms with Crippen molar-refractivity contribution in [2.75, 3.05) is 19.6 Å². The molecule has 112 valence electrons. The minimum absolute atomic E-state index is 0.230. The van der Waals surface area contributed by atoms with E-state index >= 15 is 0 Å². The van der Waals surface area contributed by atoms with Gasteiger partial charge in [-0.3, -0.25) is 9.69 Å². The molecule has 1 spiro atoms. The summed E-state index contributed by atoms with van der Waals surface area (Å²) in [6.45, 7) is 5.68. The van der Waals surface area contributed by atoms with Gasteiger partial charge in [0.1, 0.15) is 0 Å². The second-order valence-electron chi connectivity index (χ2n) is 6.27. The van der Waals surface area contributed by atoms with Gasteiger partial charge in [-0.15, -0.1) is 0 Å². The Morgan fingerprint density at radius 2 is 2.10 bits per heavy atom. The quantitative estimate of drug-likeness (QED) is 0.865. The van der Waals surface area contributed by atoms with E-state index in [0.29, 0.717) is 6.54 Å². The summed E-state index contributed by atoms with van der Waals surface area (Å²) < 4.78 is 0. The number of benzene rings is 1. The van der Waals surface area contributed by atoms with Gasteiger partial charge in [0.15, 0.2) is 0 Å². The highest BCUT2D eigenvalue weighted by Gasteiger charge is 2.45. The average Bonchev–Trinajstić information content (AvgIpc) is 2.84. The first kappa shape index (κ1) is 14.3.